The fourth-order valence-electron chi connectivity index (χ4n) is 1.19. The van der Waals surface area contributed by atoms with E-state index in [1.807, 2.05) is 0 Å². The summed E-state index contributed by atoms with van der Waals surface area (Å²) in [5.41, 5.74) is -0.827. The Morgan fingerprint density at radius 1 is 1.44 bits per heavy atom. The first-order valence-electron chi connectivity index (χ1n) is 4.53. The van der Waals surface area contributed by atoms with E-state index in [-0.39, 0.29) is 18.0 Å². The number of carbonyl (C=O) groups excluding carboxylic acids is 1. The molecule has 16 heavy (non-hydrogen) atoms. The van der Waals surface area contributed by atoms with Crippen molar-refractivity contribution in [3.05, 3.63) is 23.8 Å². The first-order valence-corrected chi connectivity index (χ1v) is 4.53. The van der Waals surface area contributed by atoms with Crippen molar-refractivity contribution in [3.8, 4) is 5.75 Å². The SMILES string of the molecule is CCOc1ccc(NC=O)cc1C(F)(F)F. The van der Waals surface area contributed by atoms with Crippen LogP contribution in [0.15, 0.2) is 18.2 Å². The zero-order valence-electron chi connectivity index (χ0n) is 8.47. The topological polar surface area (TPSA) is 38.3 Å². The molecule has 0 unspecified atom stereocenters. The predicted molar refractivity (Wildman–Crippen MR) is 52.3 cm³/mol. The number of halogens is 3. The molecule has 3 nitrogen and oxygen atoms in total. The minimum absolute atomic E-state index is 0.0748. The molecule has 1 aromatic carbocycles. The molecule has 1 rings (SSSR count). The van der Waals surface area contributed by atoms with Gasteiger partial charge in [0.15, 0.2) is 0 Å². The minimum Gasteiger partial charge on any atom is -0.493 e. The van der Waals surface area contributed by atoms with E-state index >= 15 is 0 Å². The van der Waals surface area contributed by atoms with Crippen molar-refractivity contribution in [1.29, 1.82) is 0 Å². The highest BCUT2D eigenvalue weighted by Crippen LogP contribution is 2.37. The van der Waals surface area contributed by atoms with Crippen molar-refractivity contribution in [1.82, 2.24) is 0 Å². The first kappa shape index (κ1) is 12.4. The fraction of sp³-hybridized carbons (Fsp3) is 0.300. The van der Waals surface area contributed by atoms with Gasteiger partial charge < -0.3 is 10.1 Å². The molecule has 0 atom stereocenters. The third-order valence-electron chi connectivity index (χ3n) is 1.81. The van der Waals surface area contributed by atoms with E-state index in [4.69, 9.17) is 4.74 Å². The number of nitrogens with one attached hydrogen (secondary N) is 1. The number of benzene rings is 1. The summed E-state index contributed by atoms with van der Waals surface area (Å²) < 4.78 is 42.6. The molecule has 1 amide bonds. The molecule has 0 spiro atoms. The summed E-state index contributed by atoms with van der Waals surface area (Å²) in [5.74, 6) is -0.244. The highest BCUT2D eigenvalue weighted by Gasteiger charge is 2.34. The number of hydrogen-bond donors (Lipinski definition) is 1. The van der Waals surface area contributed by atoms with E-state index in [9.17, 15) is 18.0 Å². The molecule has 0 aliphatic rings. The molecular formula is C10H10F3NO2. The third kappa shape index (κ3) is 2.88. The molecular weight excluding hydrogens is 223 g/mol. The molecule has 1 aromatic rings. The number of ether oxygens (including phenoxy) is 1. The Bertz CT molecular complexity index is 377. The van der Waals surface area contributed by atoms with E-state index in [2.05, 4.69) is 5.32 Å². The summed E-state index contributed by atoms with van der Waals surface area (Å²) in [5, 5.41) is 2.15. The van der Waals surface area contributed by atoms with E-state index in [0.29, 0.717) is 6.41 Å². The highest BCUT2D eigenvalue weighted by atomic mass is 19.4. The van der Waals surface area contributed by atoms with Crippen LogP contribution in [0.5, 0.6) is 5.75 Å². The molecule has 0 fully saturated rings. The van der Waals surface area contributed by atoms with Crippen LogP contribution in [0, 0.1) is 0 Å². The quantitative estimate of drug-likeness (QED) is 0.812. The molecule has 0 bridgehead atoms. The molecule has 0 aliphatic carbocycles. The number of rotatable bonds is 4. The van der Waals surface area contributed by atoms with Gasteiger partial charge in [0.05, 0.1) is 12.2 Å². The van der Waals surface area contributed by atoms with Crippen molar-refractivity contribution in [3.63, 3.8) is 0 Å². The number of hydrogen-bond acceptors (Lipinski definition) is 2. The molecule has 0 radical (unpaired) electrons. The van der Waals surface area contributed by atoms with Crippen LogP contribution in [0.1, 0.15) is 12.5 Å². The van der Waals surface area contributed by atoms with Crippen LogP contribution in [0.4, 0.5) is 18.9 Å². The maximum absolute atomic E-state index is 12.6. The molecule has 0 saturated heterocycles. The Hall–Kier alpha value is -1.72. The molecule has 1 N–H and O–H groups in total. The molecule has 0 aromatic heterocycles. The van der Waals surface area contributed by atoms with E-state index in [1.165, 1.54) is 12.1 Å². The van der Waals surface area contributed by atoms with Gasteiger partial charge in [-0.1, -0.05) is 0 Å². The van der Waals surface area contributed by atoms with E-state index in [1.54, 1.807) is 6.92 Å². The lowest BCUT2D eigenvalue weighted by Crippen LogP contribution is -2.09. The van der Waals surface area contributed by atoms with Crippen LogP contribution in [0.25, 0.3) is 0 Å². The lowest BCUT2D eigenvalue weighted by atomic mass is 10.1. The van der Waals surface area contributed by atoms with Crippen LogP contribution in [0.3, 0.4) is 0 Å². The predicted octanol–water partition coefficient (Wildman–Crippen LogP) is 2.67. The summed E-state index contributed by atoms with van der Waals surface area (Å²) in [7, 11) is 0. The summed E-state index contributed by atoms with van der Waals surface area (Å²) in [4.78, 5) is 10.1. The normalized spacial score (nSPS) is 11.0. The Morgan fingerprint density at radius 2 is 2.12 bits per heavy atom. The standard InChI is InChI=1S/C10H10F3NO2/c1-2-16-9-4-3-7(14-6-15)5-8(9)10(11,12)13/h3-6H,2H2,1H3,(H,14,15). The second kappa shape index (κ2) is 4.87. The van der Waals surface area contributed by atoms with Gasteiger partial charge in [0.1, 0.15) is 5.75 Å². The molecule has 88 valence electrons. The summed E-state index contributed by atoms with van der Waals surface area (Å²) in [6.07, 6.45) is -4.19. The van der Waals surface area contributed by atoms with E-state index in [0.717, 1.165) is 6.07 Å². The van der Waals surface area contributed by atoms with Crippen molar-refractivity contribution < 1.29 is 22.7 Å². The highest BCUT2D eigenvalue weighted by molar-refractivity contribution is 5.72. The zero-order valence-corrected chi connectivity index (χ0v) is 8.47. The Labute approximate surface area is 90.2 Å². The van der Waals surface area contributed by atoms with Crippen LogP contribution in [-0.2, 0) is 11.0 Å². The lowest BCUT2D eigenvalue weighted by molar-refractivity contribution is -0.138. The number of alkyl halides is 3. The van der Waals surface area contributed by atoms with Crippen molar-refractivity contribution in [2.75, 3.05) is 11.9 Å². The zero-order chi connectivity index (χ0) is 12.2. The van der Waals surface area contributed by atoms with Crippen molar-refractivity contribution >= 4 is 12.1 Å². The Balaban J connectivity index is 3.15. The van der Waals surface area contributed by atoms with Gasteiger partial charge in [0.2, 0.25) is 6.41 Å². The van der Waals surface area contributed by atoms with Crippen molar-refractivity contribution in [2.45, 2.75) is 13.1 Å². The maximum Gasteiger partial charge on any atom is 0.420 e. The van der Waals surface area contributed by atoms with Crippen LogP contribution >= 0.6 is 0 Å². The monoisotopic (exact) mass is 233 g/mol. The van der Waals surface area contributed by atoms with Gasteiger partial charge in [-0.05, 0) is 25.1 Å². The second-order valence-corrected chi connectivity index (χ2v) is 2.90. The summed E-state index contributed by atoms with van der Waals surface area (Å²) in [6, 6.07) is 3.35. The molecule has 0 saturated carbocycles. The Kier molecular flexibility index (Phi) is 3.76. The van der Waals surface area contributed by atoms with Gasteiger partial charge in [-0.2, -0.15) is 13.2 Å². The largest absolute Gasteiger partial charge is 0.493 e. The Morgan fingerprint density at radius 3 is 2.62 bits per heavy atom. The fourth-order valence-corrected chi connectivity index (χ4v) is 1.19. The smallest absolute Gasteiger partial charge is 0.420 e. The molecule has 0 aliphatic heterocycles. The van der Waals surface area contributed by atoms with Gasteiger partial charge in [-0.15, -0.1) is 0 Å². The van der Waals surface area contributed by atoms with Crippen molar-refractivity contribution in [2.24, 2.45) is 0 Å². The summed E-state index contributed by atoms with van der Waals surface area (Å²) in [6.45, 7) is 1.74. The number of anilines is 1. The first-order chi connectivity index (χ1) is 7.49. The lowest BCUT2D eigenvalue weighted by Gasteiger charge is -2.14. The minimum atomic E-state index is -4.51. The second-order valence-electron chi connectivity index (χ2n) is 2.90. The average Bonchev–Trinajstić information content (AvgIpc) is 2.19. The average molecular weight is 233 g/mol. The van der Waals surface area contributed by atoms with Gasteiger partial charge in [-0.3, -0.25) is 4.79 Å². The molecule has 0 heterocycles. The van der Waals surface area contributed by atoms with Crippen LogP contribution < -0.4 is 10.1 Å². The molecule has 6 heteroatoms. The van der Waals surface area contributed by atoms with E-state index < -0.39 is 11.7 Å². The third-order valence-corrected chi connectivity index (χ3v) is 1.81. The van der Waals surface area contributed by atoms with Gasteiger partial charge in [0, 0.05) is 5.69 Å². The van der Waals surface area contributed by atoms with Gasteiger partial charge in [-0.25, -0.2) is 0 Å². The van der Waals surface area contributed by atoms with Crippen LogP contribution in [-0.4, -0.2) is 13.0 Å². The maximum atomic E-state index is 12.6. The van der Waals surface area contributed by atoms with Gasteiger partial charge >= 0.3 is 6.18 Å². The number of carbonyl (C=O) groups is 1. The number of amides is 1. The summed E-state index contributed by atoms with van der Waals surface area (Å²) >= 11 is 0. The van der Waals surface area contributed by atoms with Gasteiger partial charge in [0.25, 0.3) is 0 Å². The van der Waals surface area contributed by atoms with Crippen LogP contribution in [0.2, 0.25) is 0 Å².